The molecule has 0 bridgehead atoms. The van der Waals surface area contributed by atoms with E-state index in [1.807, 2.05) is 12.5 Å². The first kappa shape index (κ1) is 13.7. The first-order chi connectivity index (χ1) is 10.7. The van der Waals surface area contributed by atoms with Crippen LogP contribution in [-0.2, 0) is 0 Å². The lowest BCUT2D eigenvalue weighted by Gasteiger charge is -2.38. The normalized spacial score (nSPS) is 22.4. The Balaban J connectivity index is 1.70. The van der Waals surface area contributed by atoms with Crippen molar-refractivity contribution in [3.05, 3.63) is 36.0 Å². The zero-order valence-electron chi connectivity index (χ0n) is 12.8. The third-order valence-corrected chi connectivity index (χ3v) is 5.72. The molecule has 3 aromatic heterocycles. The Labute approximate surface area is 133 Å². The average Bonchev–Trinajstić information content (AvgIpc) is 3.18. The SMILES string of the molecule is Cc1csc2c(N3CC[C@H](C)[C@@H](n4ccnc4)C3)ncnc12. The minimum atomic E-state index is 0.447. The van der Waals surface area contributed by atoms with Crippen LogP contribution >= 0.6 is 11.3 Å². The smallest absolute Gasteiger partial charge is 0.150 e. The maximum Gasteiger partial charge on any atom is 0.150 e. The van der Waals surface area contributed by atoms with Crippen molar-refractivity contribution in [2.45, 2.75) is 26.3 Å². The van der Waals surface area contributed by atoms with Crippen LogP contribution in [0.15, 0.2) is 30.4 Å². The van der Waals surface area contributed by atoms with Crippen molar-refractivity contribution in [1.82, 2.24) is 19.5 Å². The van der Waals surface area contributed by atoms with Crippen molar-refractivity contribution in [2.75, 3.05) is 18.0 Å². The standard InChI is InChI=1S/C16H19N5S/c1-11-3-5-20(7-13(11)21-6-4-17-10-21)16-15-14(18-9-19-16)12(2)8-22-15/h4,6,8-11,13H,3,5,7H2,1-2H3/t11-,13-/m0/s1. The largest absolute Gasteiger partial charge is 0.353 e. The molecule has 1 aliphatic heterocycles. The van der Waals surface area contributed by atoms with E-state index in [9.17, 15) is 0 Å². The molecular formula is C16H19N5S. The molecule has 22 heavy (non-hydrogen) atoms. The van der Waals surface area contributed by atoms with E-state index in [1.165, 1.54) is 16.7 Å². The molecule has 3 aromatic rings. The van der Waals surface area contributed by atoms with Crippen molar-refractivity contribution >= 4 is 27.4 Å². The lowest BCUT2D eigenvalue weighted by Crippen LogP contribution is -2.41. The molecule has 2 atom stereocenters. The molecule has 0 amide bonds. The van der Waals surface area contributed by atoms with Gasteiger partial charge in [-0.05, 0) is 30.2 Å². The fraction of sp³-hybridized carbons (Fsp3) is 0.438. The molecule has 1 aliphatic rings. The van der Waals surface area contributed by atoms with Crippen LogP contribution in [0.5, 0.6) is 0 Å². The number of aromatic nitrogens is 4. The van der Waals surface area contributed by atoms with Gasteiger partial charge in [0.25, 0.3) is 0 Å². The molecule has 0 spiro atoms. The van der Waals surface area contributed by atoms with E-state index in [-0.39, 0.29) is 0 Å². The lowest BCUT2D eigenvalue weighted by molar-refractivity contribution is 0.298. The number of thiophene rings is 1. The van der Waals surface area contributed by atoms with Crippen LogP contribution in [0, 0.1) is 12.8 Å². The molecule has 6 heteroatoms. The van der Waals surface area contributed by atoms with Crippen LogP contribution in [0.1, 0.15) is 24.9 Å². The number of anilines is 1. The van der Waals surface area contributed by atoms with Gasteiger partial charge in [-0.3, -0.25) is 0 Å². The van der Waals surface area contributed by atoms with Gasteiger partial charge < -0.3 is 9.47 Å². The molecule has 5 nitrogen and oxygen atoms in total. The number of hydrogen-bond donors (Lipinski definition) is 0. The molecular weight excluding hydrogens is 294 g/mol. The maximum absolute atomic E-state index is 4.59. The Morgan fingerprint density at radius 1 is 1.32 bits per heavy atom. The average molecular weight is 313 g/mol. The van der Waals surface area contributed by atoms with E-state index >= 15 is 0 Å². The molecule has 1 fully saturated rings. The summed E-state index contributed by atoms with van der Waals surface area (Å²) in [5, 5.41) is 2.17. The lowest BCUT2D eigenvalue weighted by atomic mass is 9.93. The summed E-state index contributed by atoms with van der Waals surface area (Å²) in [6.07, 6.45) is 8.71. The van der Waals surface area contributed by atoms with Gasteiger partial charge in [-0.25, -0.2) is 15.0 Å². The minimum absolute atomic E-state index is 0.447. The highest BCUT2D eigenvalue weighted by atomic mass is 32.1. The molecule has 4 rings (SSSR count). The fourth-order valence-corrected chi connectivity index (χ4v) is 4.30. The van der Waals surface area contributed by atoms with Crippen LogP contribution in [0.25, 0.3) is 10.2 Å². The third-order valence-electron chi connectivity index (χ3n) is 4.64. The monoisotopic (exact) mass is 313 g/mol. The van der Waals surface area contributed by atoms with E-state index in [0.29, 0.717) is 12.0 Å². The Morgan fingerprint density at radius 3 is 3.05 bits per heavy atom. The molecule has 114 valence electrons. The van der Waals surface area contributed by atoms with Crippen LogP contribution < -0.4 is 4.90 Å². The van der Waals surface area contributed by atoms with E-state index in [4.69, 9.17) is 0 Å². The maximum atomic E-state index is 4.59. The fourth-order valence-electron chi connectivity index (χ4n) is 3.28. The predicted octanol–water partition coefficient (Wildman–Crippen LogP) is 3.28. The summed E-state index contributed by atoms with van der Waals surface area (Å²) in [6, 6.07) is 0.447. The Bertz CT molecular complexity index is 779. The summed E-state index contributed by atoms with van der Waals surface area (Å²) in [6.45, 7) is 6.46. The predicted molar refractivity (Wildman–Crippen MR) is 89.4 cm³/mol. The number of piperidine rings is 1. The Morgan fingerprint density at radius 2 is 2.23 bits per heavy atom. The zero-order chi connectivity index (χ0) is 15.1. The van der Waals surface area contributed by atoms with Crippen molar-refractivity contribution in [3.63, 3.8) is 0 Å². The summed E-state index contributed by atoms with van der Waals surface area (Å²) >= 11 is 1.75. The number of hydrogen-bond acceptors (Lipinski definition) is 5. The van der Waals surface area contributed by atoms with E-state index in [2.05, 4.69) is 49.8 Å². The highest BCUT2D eigenvalue weighted by Gasteiger charge is 2.29. The number of aryl methyl sites for hydroxylation is 1. The summed E-state index contributed by atoms with van der Waals surface area (Å²) in [4.78, 5) is 15.6. The van der Waals surface area contributed by atoms with Gasteiger partial charge in [-0.15, -0.1) is 11.3 Å². The summed E-state index contributed by atoms with van der Waals surface area (Å²) in [5.41, 5.74) is 2.33. The third kappa shape index (κ3) is 2.18. The van der Waals surface area contributed by atoms with Crippen molar-refractivity contribution in [2.24, 2.45) is 5.92 Å². The Hall–Kier alpha value is -1.95. The van der Waals surface area contributed by atoms with E-state index in [1.54, 1.807) is 17.7 Å². The molecule has 0 N–H and O–H groups in total. The van der Waals surface area contributed by atoms with Crippen molar-refractivity contribution < 1.29 is 0 Å². The topological polar surface area (TPSA) is 46.8 Å². The summed E-state index contributed by atoms with van der Waals surface area (Å²) in [7, 11) is 0. The summed E-state index contributed by atoms with van der Waals surface area (Å²) < 4.78 is 3.44. The van der Waals surface area contributed by atoms with Crippen LogP contribution in [0.4, 0.5) is 5.82 Å². The number of nitrogens with zero attached hydrogens (tertiary/aromatic N) is 5. The van der Waals surface area contributed by atoms with Gasteiger partial charge in [0.15, 0.2) is 0 Å². The number of rotatable bonds is 2. The second-order valence-corrected chi connectivity index (χ2v) is 6.96. The summed E-state index contributed by atoms with van der Waals surface area (Å²) in [5.74, 6) is 1.73. The molecule has 0 saturated carbocycles. The highest BCUT2D eigenvalue weighted by molar-refractivity contribution is 7.18. The van der Waals surface area contributed by atoms with Crippen molar-refractivity contribution in [3.8, 4) is 0 Å². The number of fused-ring (bicyclic) bond motifs is 1. The van der Waals surface area contributed by atoms with Gasteiger partial charge in [0.05, 0.1) is 22.6 Å². The zero-order valence-corrected chi connectivity index (χ0v) is 13.6. The van der Waals surface area contributed by atoms with Crippen LogP contribution in [-0.4, -0.2) is 32.6 Å². The molecule has 0 aliphatic carbocycles. The molecule has 4 heterocycles. The molecule has 0 unspecified atom stereocenters. The van der Waals surface area contributed by atoms with Crippen LogP contribution in [0.2, 0.25) is 0 Å². The van der Waals surface area contributed by atoms with E-state index in [0.717, 1.165) is 24.4 Å². The molecule has 1 saturated heterocycles. The highest BCUT2D eigenvalue weighted by Crippen LogP contribution is 2.35. The van der Waals surface area contributed by atoms with Crippen LogP contribution in [0.3, 0.4) is 0 Å². The Kier molecular flexibility index (Phi) is 3.33. The van der Waals surface area contributed by atoms with Gasteiger partial charge in [0.2, 0.25) is 0 Å². The quantitative estimate of drug-likeness (QED) is 0.728. The van der Waals surface area contributed by atoms with Gasteiger partial charge in [0, 0.05) is 25.5 Å². The number of imidazole rings is 1. The second kappa shape index (κ2) is 5.35. The first-order valence-electron chi connectivity index (χ1n) is 7.65. The van der Waals surface area contributed by atoms with E-state index < -0.39 is 0 Å². The molecule has 0 radical (unpaired) electrons. The molecule has 0 aromatic carbocycles. The van der Waals surface area contributed by atoms with Gasteiger partial charge in [0.1, 0.15) is 12.1 Å². The minimum Gasteiger partial charge on any atom is -0.353 e. The van der Waals surface area contributed by atoms with Crippen molar-refractivity contribution in [1.29, 1.82) is 0 Å². The van der Waals surface area contributed by atoms with Gasteiger partial charge in [-0.2, -0.15) is 0 Å². The van der Waals surface area contributed by atoms with Gasteiger partial charge in [-0.1, -0.05) is 6.92 Å². The first-order valence-corrected chi connectivity index (χ1v) is 8.53. The second-order valence-electron chi connectivity index (χ2n) is 6.08. The van der Waals surface area contributed by atoms with Gasteiger partial charge >= 0.3 is 0 Å².